The van der Waals surface area contributed by atoms with Crippen LogP contribution in [0.4, 0.5) is 5.69 Å². The molecule has 0 N–H and O–H groups in total. The van der Waals surface area contributed by atoms with Crippen LogP contribution < -0.4 is 4.90 Å². The molecule has 94 valence electrons. The van der Waals surface area contributed by atoms with E-state index in [1.54, 1.807) is 0 Å². The quantitative estimate of drug-likeness (QED) is 0.785. The number of halogens is 1. The number of rotatable bonds is 2. The summed E-state index contributed by atoms with van der Waals surface area (Å²) in [7, 11) is -2.85. The summed E-state index contributed by atoms with van der Waals surface area (Å²) >= 11 is 3.47. The van der Waals surface area contributed by atoms with Gasteiger partial charge in [0.1, 0.15) is 0 Å². The maximum Gasteiger partial charge on any atom is 0.154 e. The van der Waals surface area contributed by atoms with Gasteiger partial charge in [0.15, 0.2) is 9.84 Å². The van der Waals surface area contributed by atoms with E-state index in [2.05, 4.69) is 33.0 Å². The second-order valence-electron chi connectivity index (χ2n) is 4.42. The highest BCUT2D eigenvalue weighted by Crippen LogP contribution is 2.26. The van der Waals surface area contributed by atoms with E-state index in [0.29, 0.717) is 6.54 Å². The highest BCUT2D eigenvalue weighted by atomic mass is 79.9. The number of para-hydroxylation sites is 1. The largest absolute Gasteiger partial charge is 0.367 e. The number of benzene rings is 1. The van der Waals surface area contributed by atoms with Gasteiger partial charge in [0.25, 0.3) is 0 Å². The molecule has 1 aromatic carbocycles. The zero-order valence-electron chi connectivity index (χ0n) is 9.77. The van der Waals surface area contributed by atoms with E-state index < -0.39 is 9.84 Å². The molecule has 3 nitrogen and oxygen atoms in total. The molecule has 0 bridgehead atoms. The van der Waals surface area contributed by atoms with Crippen molar-refractivity contribution in [3.05, 3.63) is 29.8 Å². The van der Waals surface area contributed by atoms with E-state index in [1.165, 1.54) is 5.56 Å². The maximum absolute atomic E-state index is 11.6. The molecule has 1 aromatic rings. The van der Waals surface area contributed by atoms with E-state index in [0.717, 1.165) is 11.0 Å². The number of alkyl halides is 1. The molecule has 1 aliphatic rings. The van der Waals surface area contributed by atoms with Gasteiger partial charge in [-0.2, -0.15) is 0 Å². The summed E-state index contributed by atoms with van der Waals surface area (Å²) in [4.78, 5) is 2.19. The molecule has 2 rings (SSSR count). The van der Waals surface area contributed by atoms with Crippen LogP contribution in [0.1, 0.15) is 12.5 Å². The molecule has 0 radical (unpaired) electrons. The predicted molar refractivity (Wildman–Crippen MR) is 74.5 cm³/mol. The van der Waals surface area contributed by atoms with Crippen LogP contribution in [0, 0.1) is 0 Å². The monoisotopic (exact) mass is 317 g/mol. The minimum absolute atomic E-state index is 0.0500. The average Bonchev–Trinajstić information content (AvgIpc) is 2.28. The molecule has 0 aromatic heterocycles. The predicted octanol–water partition coefficient (Wildman–Crippen LogP) is 2.20. The van der Waals surface area contributed by atoms with Crippen LogP contribution in [0.15, 0.2) is 24.3 Å². The van der Waals surface area contributed by atoms with Gasteiger partial charge in [-0.25, -0.2) is 8.42 Å². The van der Waals surface area contributed by atoms with Crippen molar-refractivity contribution < 1.29 is 8.42 Å². The fourth-order valence-electron chi connectivity index (χ4n) is 2.26. The second-order valence-corrected chi connectivity index (χ2v) is 7.21. The Labute approximate surface area is 111 Å². The summed E-state index contributed by atoms with van der Waals surface area (Å²) in [5, 5.41) is 0.791. The first-order valence-corrected chi connectivity index (χ1v) is 8.59. The van der Waals surface area contributed by atoms with Gasteiger partial charge in [-0.05, 0) is 18.6 Å². The van der Waals surface area contributed by atoms with Crippen molar-refractivity contribution in [2.24, 2.45) is 0 Å². The van der Waals surface area contributed by atoms with Crippen LogP contribution in [0.25, 0.3) is 0 Å². The Kier molecular flexibility index (Phi) is 3.78. The molecule has 1 saturated heterocycles. The zero-order valence-corrected chi connectivity index (χ0v) is 12.2. The number of anilines is 1. The number of hydrogen-bond donors (Lipinski definition) is 0. The fraction of sp³-hybridized carbons (Fsp3) is 0.500. The van der Waals surface area contributed by atoms with Crippen LogP contribution >= 0.6 is 15.9 Å². The van der Waals surface area contributed by atoms with Gasteiger partial charge < -0.3 is 4.90 Å². The van der Waals surface area contributed by atoms with Crippen molar-refractivity contribution in [3.8, 4) is 0 Å². The Morgan fingerprint density at radius 1 is 1.41 bits per heavy atom. The first kappa shape index (κ1) is 12.9. The first-order chi connectivity index (χ1) is 8.03. The maximum atomic E-state index is 11.6. The zero-order chi connectivity index (χ0) is 12.5. The van der Waals surface area contributed by atoms with E-state index in [-0.39, 0.29) is 17.5 Å². The van der Waals surface area contributed by atoms with Crippen molar-refractivity contribution in [2.75, 3.05) is 23.0 Å². The Morgan fingerprint density at radius 2 is 2.12 bits per heavy atom. The van der Waals surface area contributed by atoms with E-state index in [9.17, 15) is 8.42 Å². The summed E-state index contributed by atoms with van der Waals surface area (Å²) in [6, 6.07) is 8.18. The molecule has 1 atom stereocenters. The second kappa shape index (κ2) is 4.98. The van der Waals surface area contributed by atoms with Gasteiger partial charge >= 0.3 is 0 Å². The molecule has 0 saturated carbocycles. The van der Waals surface area contributed by atoms with Crippen LogP contribution in [0.5, 0.6) is 0 Å². The van der Waals surface area contributed by atoms with Crippen molar-refractivity contribution in [3.63, 3.8) is 0 Å². The van der Waals surface area contributed by atoms with Gasteiger partial charge in [0, 0.05) is 23.6 Å². The molecule has 0 spiro atoms. The minimum atomic E-state index is -2.85. The van der Waals surface area contributed by atoms with E-state index >= 15 is 0 Å². The van der Waals surface area contributed by atoms with E-state index in [4.69, 9.17) is 0 Å². The Hall–Kier alpha value is -0.550. The third kappa shape index (κ3) is 2.83. The van der Waals surface area contributed by atoms with Crippen LogP contribution in [-0.4, -0.2) is 32.5 Å². The Morgan fingerprint density at radius 3 is 2.76 bits per heavy atom. The lowest BCUT2D eigenvalue weighted by Gasteiger charge is -2.36. The molecule has 1 fully saturated rings. The molecule has 1 heterocycles. The molecule has 1 unspecified atom stereocenters. The lowest BCUT2D eigenvalue weighted by atomic mass is 10.1. The van der Waals surface area contributed by atoms with Crippen LogP contribution in [0.2, 0.25) is 0 Å². The van der Waals surface area contributed by atoms with Crippen molar-refractivity contribution in [2.45, 2.75) is 18.3 Å². The molecule has 5 heteroatoms. The van der Waals surface area contributed by atoms with Crippen molar-refractivity contribution >= 4 is 31.5 Å². The fourth-order valence-corrected chi connectivity index (χ4v) is 4.29. The van der Waals surface area contributed by atoms with Gasteiger partial charge in [0.2, 0.25) is 0 Å². The lowest BCUT2D eigenvalue weighted by Crippen LogP contribution is -2.47. The van der Waals surface area contributed by atoms with Gasteiger partial charge in [0.05, 0.1) is 11.5 Å². The molecule has 1 aliphatic heterocycles. The van der Waals surface area contributed by atoms with Crippen LogP contribution in [0.3, 0.4) is 0 Å². The normalized spacial score (nSPS) is 23.6. The Bertz CT molecular complexity index is 501. The van der Waals surface area contributed by atoms with E-state index in [1.807, 2.05) is 19.1 Å². The SMILES string of the molecule is CC1CS(=O)(=O)CCN1c1ccccc1CBr. The molecular weight excluding hydrogens is 302 g/mol. The molecular formula is C12H16BrNO2S. The Balaban J connectivity index is 2.29. The smallest absolute Gasteiger partial charge is 0.154 e. The summed E-state index contributed by atoms with van der Waals surface area (Å²) in [6.45, 7) is 2.56. The van der Waals surface area contributed by atoms with Crippen LogP contribution in [-0.2, 0) is 15.2 Å². The standard InChI is InChI=1S/C12H16BrNO2S/c1-10-9-17(15,16)7-6-14(10)12-5-3-2-4-11(12)8-13/h2-5,10H,6-9H2,1H3. The summed E-state index contributed by atoms with van der Waals surface area (Å²) in [5.41, 5.74) is 2.35. The van der Waals surface area contributed by atoms with Gasteiger partial charge in [-0.1, -0.05) is 34.1 Å². The first-order valence-electron chi connectivity index (χ1n) is 5.64. The number of nitrogens with zero attached hydrogens (tertiary/aromatic N) is 1. The summed E-state index contributed by atoms with van der Waals surface area (Å²) in [5.74, 6) is 0.511. The summed E-state index contributed by atoms with van der Waals surface area (Å²) in [6.07, 6.45) is 0. The van der Waals surface area contributed by atoms with Crippen molar-refractivity contribution in [1.29, 1.82) is 0 Å². The number of hydrogen-bond acceptors (Lipinski definition) is 3. The lowest BCUT2D eigenvalue weighted by molar-refractivity contribution is 0.568. The molecule has 0 aliphatic carbocycles. The minimum Gasteiger partial charge on any atom is -0.367 e. The topological polar surface area (TPSA) is 37.4 Å². The average molecular weight is 318 g/mol. The highest BCUT2D eigenvalue weighted by molar-refractivity contribution is 9.08. The van der Waals surface area contributed by atoms with Gasteiger partial charge in [-0.3, -0.25) is 0 Å². The number of sulfone groups is 1. The third-order valence-electron chi connectivity index (χ3n) is 3.12. The third-order valence-corrected chi connectivity index (χ3v) is 5.51. The highest BCUT2D eigenvalue weighted by Gasteiger charge is 2.28. The molecule has 17 heavy (non-hydrogen) atoms. The van der Waals surface area contributed by atoms with Gasteiger partial charge in [-0.15, -0.1) is 0 Å². The molecule has 0 amide bonds. The van der Waals surface area contributed by atoms with Crippen molar-refractivity contribution in [1.82, 2.24) is 0 Å². The summed E-state index contributed by atoms with van der Waals surface area (Å²) < 4.78 is 23.1.